The van der Waals surface area contributed by atoms with Gasteiger partial charge in [0.25, 0.3) is 0 Å². The summed E-state index contributed by atoms with van der Waals surface area (Å²) in [7, 11) is 0. The van der Waals surface area contributed by atoms with Crippen LogP contribution in [0.15, 0.2) is 28.0 Å². The molecule has 134 valence electrons. The zero-order chi connectivity index (χ0) is 16.9. The van der Waals surface area contributed by atoms with E-state index in [-0.39, 0.29) is 23.2 Å². The molecule has 2 saturated heterocycles. The summed E-state index contributed by atoms with van der Waals surface area (Å²) >= 11 is 0. The van der Waals surface area contributed by atoms with Crippen molar-refractivity contribution in [2.24, 2.45) is 27.7 Å². The lowest BCUT2D eigenvalue weighted by atomic mass is 9.41. The summed E-state index contributed by atoms with van der Waals surface area (Å²) in [4.78, 5) is 4.84. The van der Waals surface area contributed by atoms with E-state index in [1.165, 1.54) is 5.71 Å². The standard InChI is InChI=1S/C20H25NO4/c1-12-7-16-20-11-24-17-19(12,8-14(25-17)13-4-6-23-9-13)15(20)3-2-5-18(20,22)10-21-16/h4,6,9,12,14-15,17,22H,2-3,5,7-8,10-11H2,1H3/t12-,14+,15-,17+,18+,19-,20+/m1/s1. The molecule has 0 unspecified atom stereocenters. The summed E-state index contributed by atoms with van der Waals surface area (Å²) in [5.74, 6) is 0.853. The molecule has 4 fully saturated rings. The Balaban J connectivity index is 1.50. The number of rotatable bonds is 1. The Morgan fingerprint density at radius 3 is 3.12 bits per heavy atom. The van der Waals surface area contributed by atoms with Gasteiger partial charge in [0.05, 0.1) is 42.8 Å². The molecule has 0 amide bonds. The zero-order valence-electron chi connectivity index (χ0n) is 14.6. The summed E-state index contributed by atoms with van der Waals surface area (Å²) in [6.07, 6.45) is 8.35. The van der Waals surface area contributed by atoms with E-state index in [1.807, 2.05) is 6.07 Å². The van der Waals surface area contributed by atoms with Crippen molar-refractivity contribution in [2.75, 3.05) is 13.2 Å². The highest BCUT2D eigenvalue weighted by atomic mass is 16.7. The third-order valence-corrected chi connectivity index (χ3v) is 8.26. The molecule has 3 aliphatic heterocycles. The molecule has 0 radical (unpaired) electrons. The summed E-state index contributed by atoms with van der Waals surface area (Å²) in [6.45, 7) is 3.45. The predicted molar refractivity (Wildman–Crippen MR) is 90.1 cm³/mol. The van der Waals surface area contributed by atoms with Crippen LogP contribution in [0.4, 0.5) is 0 Å². The van der Waals surface area contributed by atoms with Crippen LogP contribution in [0.2, 0.25) is 0 Å². The molecule has 5 aliphatic rings. The monoisotopic (exact) mass is 343 g/mol. The molecule has 4 heterocycles. The third-order valence-electron chi connectivity index (χ3n) is 8.26. The van der Waals surface area contributed by atoms with Crippen LogP contribution in [0.3, 0.4) is 0 Å². The highest BCUT2D eigenvalue weighted by Crippen LogP contribution is 2.71. The maximum Gasteiger partial charge on any atom is 0.164 e. The lowest BCUT2D eigenvalue weighted by Gasteiger charge is -2.65. The Hall–Kier alpha value is -1.17. The fourth-order valence-electron chi connectivity index (χ4n) is 7.10. The molecule has 1 N–H and O–H groups in total. The largest absolute Gasteiger partial charge is 0.472 e. The fraction of sp³-hybridized carbons (Fsp3) is 0.750. The van der Waals surface area contributed by atoms with Crippen LogP contribution in [0.25, 0.3) is 0 Å². The van der Waals surface area contributed by atoms with Crippen LogP contribution in [0, 0.1) is 22.7 Å². The van der Waals surface area contributed by atoms with Crippen molar-refractivity contribution in [1.82, 2.24) is 0 Å². The number of ether oxygens (including phenoxy) is 2. The molecule has 1 aromatic rings. The summed E-state index contributed by atoms with van der Waals surface area (Å²) in [5.41, 5.74) is 1.31. The molecular formula is C20H25NO4. The van der Waals surface area contributed by atoms with Crippen LogP contribution in [0.1, 0.15) is 50.7 Å². The first kappa shape index (κ1) is 14.9. The van der Waals surface area contributed by atoms with Gasteiger partial charge in [0.2, 0.25) is 0 Å². The van der Waals surface area contributed by atoms with Crippen LogP contribution in [-0.4, -0.2) is 35.9 Å². The highest BCUT2D eigenvalue weighted by molar-refractivity contribution is 5.95. The molecule has 5 heteroatoms. The van der Waals surface area contributed by atoms with Crippen molar-refractivity contribution in [2.45, 2.75) is 57.0 Å². The van der Waals surface area contributed by atoms with Gasteiger partial charge < -0.3 is 19.0 Å². The van der Waals surface area contributed by atoms with Gasteiger partial charge in [-0.15, -0.1) is 0 Å². The van der Waals surface area contributed by atoms with E-state index in [2.05, 4.69) is 6.92 Å². The van der Waals surface area contributed by atoms with Gasteiger partial charge in [-0.2, -0.15) is 0 Å². The van der Waals surface area contributed by atoms with Crippen molar-refractivity contribution in [1.29, 1.82) is 0 Å². The first-order chi connectivity index (χ1) is 12.1. The summed E-state index contributed by atoms with van der Waals surface area (Å²) in [5, 5.41) is 11.5. The molecule has 6 rings (SSSR count). The number of hydrogen-bond acceptors (Lipinski definition) is 5. The molecule has 2 spiro atoms. The number of aliphatic imine (C=N–C) groups is 1. The van der Waals surface area contributed by atoms with Gasteiger partial charge in [-0.05, 0) is 43.6 Å². The topological polar surface area (TPSA) is 64.2 Å². The number of furan rings is 1. The Morgan fingerprint density at radius 1 is 1.36 bits per heavy atom. The second kappa shape index (κ2) is 4.56. The normalized spacial score (nSPS) is 53.3. The van der Waals surface area contributed by atoms with E-state index >= 15 is 0 Å². The van der Waals surface area contributed by atoms with Crippen LogP contribution in [0.5, 0.6) is 0 Å². The van der Waals surface area contributed by atoms with Gasteiger partial charge in [-0.25, -0.2) is 0 Å². The minimum atomic E-state index is -0.711. The molecule has 5 nitrogen and oxygen atoms in total. The third kappa shape index (κ3) is 1.52. The molecule has 2 bridgehead atoms. The van der Waals surface area contributed by atoms with E-state index in [0.29, 0.717) is 25.0 Å². The van der Waals surface area contributed by atoms with Gasteiger partial charge in [0.1, 0.15) is 0 Å². The maximum atomic E-state index is 11.5. The van der Waals surface area contributed by atoms with E-state index in [4.69, 9.17) is 18.9 Å². The lowest BCUT2D eigenvalue weighted by Crippen LogP contribution is -2.72. The minimum Gasteiger partial charge on any atom is -0.472 e. The van der Waals surface area contributed by atoms with Gasteiger partial charge in [0.15, 0.2) is 6.29 Å². The molecule has 1 aromatic heterocycles. The molecule has 2 saturated carbocycles. The second-order valence-electron chi connectivity index (χ2n) is 8.96. The van der Waals surface area contributed by atoms with Gasteiger partial charge in [-0.3, -0.25) is 4.99 Å². The predicted octanol–water partition coefficient (Wildman–Crippen LogP) is 3.10. The van der Waals surface area contributed by atoms with E-state index in [1.54, 1.807) is 12.5 Å². The van der Waals surface area contributed by atoms with Crippen LogP contribution in [-0.2, 0) is 9.47 Å². The Morgan fingerprint density at radius 2 is 2.28 bits per heavy atom. The van der Waals surface area contributed by atoms with E-state index in [9.17, 15) is 5.11 Å². The van der Waals surface area contributed by atoms with E-state index in [0.717, 1.165) is 37.7 Å². The molecule has 0 aromatic carbocycles. The second-order valence-corrected chi connectivity index (χ2v) is 8.96. The highest BCUT2D eigenvalue weighted by Gasteiger charge is 2.76. The average molecular weight is 343 g/mol. The van der Waals surface area contributed by atoms with Crippen molar-refractivity contribution in [3.63, 3.8) is 0 Å². The van der Waals surface area contributed by atoms with Crippen molar-refractivity contribution >= 4 is 5.71 Å². The van der Waals surface area contributed by atoms with Gasteiger partial charge >= 0.3 is 0 Å². The fourth-order valence-corrected chi connectivity index (χ4v) is 7.10. The maximum absolute atomic E-state index is 11.5. The smallest absolute Gasteiger partial charge is 0.164 e. The Labute approximate surface area is 147 Å². The lowest BCUT2D eigenvalue weighted by molar-refractivity contribution is -0.297. The van der Waals surface area contributed by atoms with Crippen molar-refractivity contribution in [3.8, 4) is 0 Å². The average Bonchev–Trinajstić information content (AvgIpc) is 3.29. The molecule has 25 heavy (non-hydrogen) atoms. The van der Waals surface area contributed by atoms with Crippen LogP contribution < -0.4 is 0 Å². The molecule has 2 aliphatic carbocycles. The Kier molecular flexibility index (Phi) is 2.73. The minimum absolute atomic E-state index is 0.0243. The first-order valence-electron chi connectivity index (χ1n) is 9.65. The Bertz CT molecular complexity index is 745. The van der Waals surface area contributed by atoms with Crippen LogP contribution >= 0.6 is 0 Å². The molecular weight excluding hydrogens is 318 g/mol. The van der Waals surface area contributed by atoms with E-state index < -0.39 is 5.60 Å². The summed E-state index contributed by atoms with van der Waals surface area (Å²) in [6, 6.07) is 2.00. The number of aliphatic hydroxyl groups is 1. The van der Waals surface area contributed by atoms with Gasteiger partial charge in [-0.1, -0.05) is 13.3 Å². The summed E-state index contributed by atoms with van der Waals surface area (Å²) < 4.78 is 18.1. The van der Waals surface area contributed by atoms with Gasteiger partial charge in [0, 0.05) is 16.7 Å². The number of hydrogen-bond donors (Lipinski definition) is 1. The first-order valence-corrected chi connectivity index (χ1v) is 9.65. The van der Waals surface area contributed by atoms with Crippen molar-refractivity contribution < 1.29 is 19.0 Å². The zero-order valence-corrected chi connectivity index (χ0v) is 14.6. The molecule has 7 atom stereocenters. The SMILES string of the molecule is C[C@@H]1CC2=NC[C@@]3(O)CCC[C@@H]4[C@@]15C[C@@H](c1ccoc1)O[C@@H]5OC[C@@]243. The quantitative estimate of drug-likeness (QED) is 0.851. The van der Waals surface area contributed by atoms with Crippen molar-refractivity contribution in [3.05, 3.63) is 24.2 Å². The number of nitrogens with zero attached hydrogens (tertiary/aromatic N) is 1.